The molecule has 3 aromatic carbocycles. The van der Waals surface area contributed by atoms with Crippen molar-refractivity contribution in [1.82, 2.24) is 21.3 Å². The number of ether oxygens (including phenoxy) is 8. The van der Waals surface area contributed by atoms with Crippen molar-refractivity contribution in [2.75, 3.05) is 52.7 Å². The molecule has 3 atom stereocenters. The zero-order valence-electron chi connectivity index (χ0n) is 61.6. The van der Waals surface area contributed by atoms with Crippen LogP contribution in [0, 0.1) is 80.0 Å². The van der Waals surface area contributed by atoms with E-state index in [9.17, 15) is 9.59 Å². The van der Waals surface area contributed by atoms with Crippen LogP contribution >= 0.6 is 0 Å². The maximum atomic E-state index is 15.2. The Kier molecular flexibility index (Phi) is 40.0. The number of ketones is 1. The molecule has 3 aromatic rings. The van der Waals surface area contributed by atoms with Gasteiger partial charge in [-0.3, -0.25) is 14.4 Å². The smallest absolute Gasteiger partial charge is 0.407 e. The standard InChI is InChI=1S/C84H114N4O13/c1-14-21-28-34-47-94-73-56-64(57-74(95-48-35-29-22-15-2)70(73)43-40-45-85-81(92)100-83(8,9)10)72(89)55-63-53-67(87-79(90)65-58-75(96-49-36-30-23-16-3)69(42-27-20-7)76(59-65)97-50-37-31-24-17-4)62-68(54-63)88-80(91)66-60-77(98-51-38-32-25-18-5)71(78(61-66)99-52-39-33-26-19-6)44-41-46-86-82(93)101-84(11,12)13/h1-6,56-61,63,67-68H,20-55,62H2,7-13H3,(H,85,92)(H,86,93)(H,87,90)(H,88,91). The number of rotatable bonds is 48. The van der Waals surface area contributed by atoms with Crippen LogP contribution in [0.2, 0.25) is 0 Å². The van der Waals surface area contributed by atoms with E-state index < -0.39 is 41.4 Å². The summed E-state index contributed by atoms with van der Waals surface area (Å²) in [5.41, 5.74) is 1.98. The molecule has 1 saturated carbocycles. The highest BCUT2D eigenvalue weighted by atomic mass is 16.6. The Morgan fingerprint density at radius 1 is 0.396 bits per heavy atom. The van der Waals surface area contributed by atoms with Crippen LogP contribution in [0.5, 0.6) is 34.5 Å². The van der Waals surface area contributed by atoms with Gasteiger partial charge in [0.15, 0.2) is 5.78 Å². The van der Waals surface area contributed by atoms with Gasteiger partial charge in [0.25, 0.3) is 11.8 Å². The number of Topliss-reactive ketones (excluding diaryl/α,β-unsaturated/α-hetero) is 1. The van der Waals surface area contributed by atoms with Crippen molar-refractivity contribution in [3.63, 3.8) is 0 Å². The summed E-state index contributed by atoms with van der Waals surface area (Å²) in [6, 6.07) is 9.45. The Hall–Kier alpha value is -9.03. The lowest BCUT2D eigenvalue weighted by molar-refractivity contribution is 0.0515. The first kappa shape index (κ1) is 84.4. The highest BCUT2D eigenvalue weighted by Crippen LogP contribution is 2.38. The third-order valence-electron chi connectivity index (χ3n) is 16.5. The van der Waals surface area contributed by atoms with Gasteiger partial charge >= 0.3 is 12.2 Å². The molecule has 4 amide bonds. The van der Waals surface area contributed by atoms with Crippen LogP contribution in [-0.2, 0) is 28.7 Å². The quantitative estimate of drug-likeness (QED) is 0.0236. The number of carbonyl (C=O) groups excluding carboxylic acids is 5. The molecule has 101 heavy (non-hydrogen) atoms. The van der Waals surface area contributed by atoms with E-state index in [1.54, 1.807) is 77.9 Å². The van der Waals surface area contributed by atoms with E-state index >= 15 is 14.4 Å². The average molecular weight is 1390 g/mol. The summed E-state index contributed by atoms with van der Waals surface area (Å²) < 4.78 is 50.1. The monoisotopic (exact) mass is 1390 g/mol. The van der Waals surface area contributed by atoms with Crippen LogP contribution in [0.4, 0.5) is 9.59 Å². The highest BCUT2D eigenvalue weighted by molar-refractivity contribution is 5.98. The molecule has 0 heterocycles. The van der Waals surface area contributed by atoms with Gasteiger partial charge in [0.1, 0.15) is 45.7 Å². The molecular weight excluding hydrogens is 1270 g/mol. The number of amides is 4. The Labute approximate surface area is 605 Å². The zero-order chi connectivity index (χ0) is 73.7. The number of hydrogen-bond acceptors (Lipinski definition) is 13. The van der Waals surface area contributed by atoms with E-state index in [1.165, 1.54) is 0 Å². The molecule has 0 saturated heterocycles. The number of terminal acetylenes is 6. The van der Waals surface area contributed by atoms with Crippen molar-refractivity contribution in [2.45, 2.75) is 258 Å². The molecule has 17 nitrogen and oxygen atoms in total. The number of hydrogen-bond donors (Lipinski definition) is 4. The Morgan fingerprint density at radius 3 is 0.941 bits per heavy atom. The van der Waals surface area contributed by atoms with Gasteiger partial charge in [0, 0.05) is 103 Å². The summed E-state index contributed by atoms with van der Waals surface area (Å²) in [5.74, 6) is 17.8. The molecule has 548 valence electrons. The van der Waals surface area contributed by atoms with Crippen LogP contribution < -0.4 is 49.7 Å². The van der Waals surface area contributed by atoms with Gasteiger partial charge in [-0.2, -0.15) is 0 Å². The Morgan fingerprint density at radius 2 is 0.673 bits per heavy atom. The van der Waals surface area contributed by atoms with Crippen molar-refractivity contribution < 1.29 is 61.9 Å². The van der Waals surface area contributed by atoms with Crippen LogP contribution in [0.1, 0.15) is 263 Å². The van der Waals surface area contributed by atoms with E-state index in [4.69, 9.17) is 76.4 Å². The number of carbonyl (C=O) groups is 5. The van der Waals surface area contributed by atoms with Gasteiger partial charge in [0.05, 0.1) is 39.6 Å². The largest absolute Gasteiger partial charge is 0.493 e. The third-order valence-corrected chi connectivity index (χ3v) is 16.5. The lowest BCUT2D eigenvalue weighted by Crippen LogP contribution is -2.48. The summed E-state index contributed by atoms with van der Waals surface area (Å²) in [5, 5.41) is 12.4. The number of alkyl carbamates (subject to hydrolysis) is 2. The fourth-order valence-electron chi connectivity index (χ4n) is 11.5. The summed E-state index contributed by atoms with van der Waals surface area (Å²) in [4.78, 5) is 70.8. The summed E-state index contributed by atoms with van der Waals surface area (Å²) in [7, 11) is 0. The molecule has 1 aliphatic carbocycles. The SMILES string of the molecule is C#CCCCCOc1cc(C(=O)NC2CC(CC(=O)c3cc(OCCCCC#C)c(CCCNC(=O)OC(C)(C)C)c(OCCCCC#C)c3)CC(NC(=O)c3cc(OCCCCC#C)c(CCCNC(=O)OC(C)(C)C)c(OCCCCC#C)c3)C2)cc(OCCCCC#C)c1CCCC. The lowest BCUT2D eigenvalue weighted by atomic mass is 9.79. The molecule has 1 fully saturated rings. The van der Waals surface area contributed by atoms with Gasteiger partial charge < -0.3 is 59.2 Å². The van der Waals surface area contributed by atoms with Crippen molar-refractivity contribution in [2.24, 2.45) is 5.92 Å². The fourth-order valence-corrected chi connectivity index (χ4v) is 11.5. The third kappa shape index (κ3) is 34.3. The van der Waals surface area contributed by atoms with Gasteiger partial charge in [-0.05, 0) is 219 Å². The molecule has 4 N–H and O–H groups in total. The maximum absolute atomic E-state index is 15.2. The predicted molar refractivity (Wildman–Crippen MR) is 401 cm³/mol. The minimum Gasteiger partial charge on any atom is -0.493 e. The maximum Gasteiger partial charge on any atom is 0.407 e. The second kappa shape index (κ2) is 47.9. The molecule has 0 aliphatic heterocycles. The number of nitrogens with one attached hydrogen (secondary N) is 4. The van der Waals surface area contributed by atoms with Crippen LogP contribution in [0.25, 0.3) is 0 Å². The van der Waals surface area contributed by atoms with E-state index in [0.29, 0.717) is 214 Å². The Bertz CT molecular complexity index is 3040. The molecule has 3 unspecified atom stereocenters. The van der Waals surface area contributed by atoms with Crippen molar-refractivity contribution in [1.29, 1.82) is 0 Å². The molecule has 0 bridgehead atoms. The first-order valence-electron chi connectivity index (χ1n) is 36.6. The van der Waals surface area contributed by atoms with E-state index in [-0.39, 0.29) is 29.6 Å². The van der Waals surface area contributed by atoms with Crippen LogP contribution in [0.3, 0.4) is 0 Å². The molecule has 1 aliphatic rings. The van der Waals surface area contributed by atoms with Crippen molar-refractivity contribution in [3.8, 4) is 109 Å². The highest BCUT2D eigenvalue weighted by Gasteiger charge is 2.34. The van der Waals surface area contributed by atoms with Gasteiger partial charge in [-0.1, -0.05) is 13.3 Å². The average Bonchev–Trinajstić information content (AvgIpc) is 0.819. The second-order valence-corrected chi connectivity index (χ2v) is 27.6. The predicted octanol–water partition coefficient (Wildman–Crippen LogP) is 16.0. The fraction of sp³-hybridized carbons (Fsp3) is 0.583. The molecule has 0 aromatic heterocycles. The summed E-state index contributed by atoms with van der Waals surface area (Å²) in [6.45, 7) is 15.6. The van der Waals surface area contributed by atoms with Gasteiger partial charge in [-0.25, -0.2) is 9.59 Å². The number of unbranched alkanes of at least 4 members (excludes halogenated alkanes) is 13. The first-order chi connectivity index (χ1) is 48.6. The normalized spacial score (nSPS) is 14.0. The molecule has 4 rings (SSSR count). The Balaban J connectivity index is 1.86. The van der Waals surface area contributed by atoms with Crippen LogP contribution in [-0.4, -0.2) is 106 Å². The summed E-state index contributed by atoms with van der Waals surface area (Å²) in [6.07, 6.45) is 50.2. The van der Waals surface area contributed by atoms with E-state index in [1.807, 2.05) is 0 Å². The molecule has 0 radical (unpaired) electrons. The van der Waals surface area contributed by atoms with Crippen LogP contribution in [0.15, 0.2) is 36.4 Å². The minimum absolute atomic E-state index is 0.0371. The van der Waals surface area contributed by atoms with Crippen molar-refractivity contribution in [3.05, 3.63) is 69.8 Å². The molecule has 17 heteroatoms. The summed E-state index contributed by atoms with van der Waals surface area (Å²) >= 11 is 0. The lowest BCUT2D eigenvalue weighted by Gasteiger charge is -2.36. The van der Waals surface area contributed by atoms with Gasteiger partial charge in [-0.15, -0.1) is 74.1 Å². The van der Waals surface area contributed by atoms with E-state index in [0.717, 1.165) is 80.9 Å². The first-order valence-corrected chi connectivity index (χ1v) is 36.6. The minimum atomic E-state index is -0.675. The van der Waals surface area contributed by atoms with Crippen molar-refractivity contribution >= 4 is 29.8 Å². The zero-order valence-corrected chi connectivity index (χ0v) is 61.6. The molecular formula is C84H114N4O13. The van der Waals surface area contributed by atoms with E-state index in [2.05, 4.69) is 63.7 Å². The molecule has 0 spiro atoms. The topological polar surface area (TPSA) is 207 Å². The number of benzene rings is 3. The van der Waals surface area contributed by atoms with Gasteiger partial charge in [0.2, 0.25) is 0 Å². The second-order valence-electron chi connectivity index (χ2n) is 27.6.